The molecule has 0 aromatic heterocycles. The van der Waals surface area contributed by atoms with Crippen LogP contribution in [0, 0.1) is 5.92 Å². The maximum atomic E-state index is 12.5. The van der Waals surface area contributed by atoms with Gasteiger partial charge in [-0.1, -0.05) is 30.3 Å². The molecular formula is C20H29N3O2. The van der Waals surface area contributed by atoms with E-state index in [1.54, 1.807) is 0 Å². The van der Waals surface area contributed by atoms with Crippen molar-refractivity contribution in [3.8, 4) is 0 Å². The molecule has 2 heterocycles. The molecule has 2 fully saturated rings. The molecule has 5 nitrogen and oxygen atoms in total. The van der Waals surface area contributed by atoms with E-state index in [2.05, 4.69) is 10.2 Å². The van der Waals surface area contributed by atoms with Gasteiger partial charge in [-0.05, 0) is 51.3 Å². The van der Waals surface area contributed by atoms with Gasteiger partial charge in [0.25, 0.3) is 0 Å². The van der Waals surface area contributed by atoms with Gasteiger partial charge in [-0.25, -0.2) is 0 Å². The predicted octanol–water partition coefficient (Wildman–Crippen LogP) is 2.03. The number of amides is 2. The summed E-state index contributed by atoms with van der Waals surface area (Å²) in [6.07, 6.45) is 3.92. The zero-order valence-corrected chi connectivity index (χ0v) is 15.1. The first-order chi connectivity index (χ1) is 12.1. The van der Waals surface area contributed by atoms with E-state index in [9.17, 15) is 9.59 Å². The van der Waals surface area contributed by atoms with E-state index in [0.29, 0.717) is 6.54 Å². The number of carbonyl (C=O) groups is 2. The third-order valence-electron chi connectivity index (χ3n) is 5.53. The molecule has 1 N–H and O–H groups in total. The Balaban J connectivity index is 1.43. The van der Waals surface area contributed by atoms with Crippen LogP contribution in [-0.4, -0.2) is 53.8 Å². The second-order valence-corrected chi connectivity index (χ2v) is 7.22. The Bertz CT molecular complexity index is 576. The monoisotopic (exact) mass is 343 g/mol. The lowest BCUT2D eigenvalue weighted by Gasteiger charge is -2.36. The Morgan fingerprint density at radius 1 is 1.08 bits per heavy atom. The van der Waals surface area contributed by atoms with Gasteiger partial charge in [0.05, 0.1) is 6.04 Å². The van der Waals surface area contributed by atoms with Crippen LogP contribution in [0.2, 0.25) is 0 Å². The van der Waals surface area contributed by atoms with Crippen molar-refractivity contribution >= 4 is 11.8 Å². The van der Waals surface area contributed by atoms with Crippen molar-refractivity contribution in [2.45, 2.75) is 45.2 Å². The van der Waals surface area contributed by atoms with Crippen LogP contribution in [0.3, 0.4) is 0 Å². The molecule has 1 aromatic rings. The van der Waals surface area contributed by atoms with Crippen LogP contribution in [0.5, 0.6) is 0 Å². The van der Waals surface area contributed by atoms with E-state index >= 15 is 0 Å². The zero-order chi connectivity index (χ0) is 17.6. The summed E-state index contributed by atoms with van der Waals surface area (Å²) >= 11 is 0. The van der Waals surface area contributed by atoms with Crippen LogP contribution in [0.4, 0.5) is 0 Å². The maximum Gasteiger partial charge on any atom is 0.239 e. The number of hydrogen-bond acceptors (Lipinski definition) is 3. The molecule has 1 unspecified atom stereocenters. The van der Waals surface area contributed by atoms with Crippen molar-refractivity contribution in [2.75, 3.05) is 26.2 Å². The molecule has 136 valence electrons. The Kier molecular flexibility index (Phi) is 6.08. The van der Waals surface area contributed by atoms with Crippen molar-refractivity contribution in [2.24, 2.45) is 5.92 Å². The van der Waals surface area contributed by atoms with Gasteiger partial charge in [0.15, 0.2) is 0 Å². The Labute approximate surface area is 150 Å². The highest BCUT2D eigenvalue weighted by molar-refractivity contribution is 5.82. The summed E-state index contributed by atoms with van der Waals surface area (Å²) in [6, 6.07) is 9.93. The van der Waals surface area contributed by atoms with Crippen molar-refractivity contribution in [1.29, 1.82) is 0 Å². The van der Waals surface area contributed by atoms with Gasteiger partial charge in [-0.2, -0.15) is 0 Å². The molecule has 2 amide bonds. The number of nitrogens with zero attached hydrogens (tertiary/aromatic N) is 2. The van der Waals surface area contributed by atoms with Gasteiger partial charge in [0.1, 0.15) is 0 Å². The fourth-order valence-electron chi connectivity index (χ4n) is 3.84. The van der Waals surface area contributed by atoms with E-state index in [4.69, 9.17) is 0 Å². The van der Waals surface area contributed by atoms with Gasteiger partial charge in [-0.15, -0.1) is 0 Å². The summed E-state index contributed by atoms with van der Waals surface area (Å²) in [6.45, 7) is 6.05. The molecule has 0 aliphatic carbocycles. The van der Waals surface area contributed by atoms with Crippen LogP contribution < -0.4 is 5.32 Å². The third-order valence-corrected chi connectivity index (χ3v) is 5.53. The predicted molar refractivity (Wildman–Crippen MR) is 97.9 cm³/mol. The lowest BCUT2D eigenvalue weighted by atomic mass is 9.94. The smallest absolute Gasteiger partial charge is 0.239 e. The van der Waals surface area contributed by atoms with Gasteiger partial charge >= 0.3 is 0 Å². The second-order valence-electron chi connectivity index (χ2n) is 7.22. The Hall–Kier alpha value is -1.88. The van der Waals surface area contributed by atoms with Gasteiger partial charge < -0.3 is 10.2 Å². The fourth-order valence-corrected chi connectivity index (χ4v) is 3.84. The molecule has 5 heteroatoms. The Morgan fingerprint density at radius 2 is 1.72 bits per heavy atom. The maximum absolute atomic E-state index is 12.5. The number of hydrogen-bond donors (Lipinski definition) is 1. The first-order valence-corrected chi connectivity index (χ1v) is 9.49. The van der Waals surface area contributed by atoms with Gasteiger partial charge in [0, 0.05) is 25.6 Å². The molecule has 25 heavy (non-hydrogen) atoms. The van der Waals surface area contributed by atoms with E-state index in [1.165, 1.54) is 0 Å². The fraction of sp³-hybridized carbons (Fsp3) is 0.600. The van der Waals surface area contributed by atoms with Crippen molar-refractivity contribution in [3.05, 3.63) is 35.9 Å². The lowest BCUT2D eigenvalue weighted by Crippen LogP contribution is -2.50. The molecule has 1 atom stereocenters. The molecule has 0 bridgehead atoms. The van der Waals surface area contributed by atoms with E-state index in [1.807, 2.05) is 42.2 Å². The first-order valence-electron chi connectivity index (χ1n) is 9.49. The molecule has 0 radical (unpaired) electrons. The molecule has 3 rings (SSSR count). The van der Waals surface area contributed by atoms with Crippen LogP contribution in [-0.2, 0) is 16.1 Å². The number of carbonyl (C=O) groups excluding carboxylic acids is 2. The summed E-state index contributed by atoms with van der Waals surface area (Å²) in [5.41, 5.74) is 1.12. The second kappa shape index (κ2) is 8.48. The van der Waals surface area contributed by atoms with Gasteiger partial charge in [0.2, 0.25) is 11.8 Å². The molecule has 1 aromatic carbocycles. The summed E-state index contributed by atoms with van der Waals surface area (Å²) in [4.78, 5) is 29.1. The number of likely N-dealkylation sites (tertiary alicyclic amines) is 2. The average molecular weight is 343 g/mol. The van der Waals surface area contributed by atoms with E-state index in [-0.39, 0.29) is 23.8 Å². The lowest BCUT2D eigenvalue weighted by molar-refractivity contribution is -0.136. The molecule has 0 saturated carbocycles. The largest absolute Gasteiger partial charge is 0.352 e. The standard InChI is InChI=1S/C20H29N3O2/c1-16(20(25)23-11-5-6-12-23)22-13-9-18(10-14-22)19(24)21-15-17-7-3-2-4-8-17/h2-4,7-8,16,18H,5-6,9-15H2,1H3,(H,21,24). The zero-order valence-electron chi connectivity index (χ0n) is 15.1. The normalized spacial score (nSPS) is 20.4. The summed E-state index contributed by atoms with van der Waals surface area (Å²) in [5.74, 6) is 0.459. The van der Waals surface area contributed by atoms with Crippen molar-refractivity contribution < 1.29 is 9.59 Å². The van der Waals surface area contributed by atoms with Crippen LogP contribution in [0.25, 0.3) is 0 Å². The number of piperidine rings is 1. The molecular weight excluding hydrogens is 314 g/mol. The molecule has 2 aliphatic heterocycles. The molecule has 2 aliphatic rings. The van der Waals surface area contributed by atoms with E-state index < -0.39 is 0 Å². The van der Waals surface area contributed by atoms with Crippen LogP contribution >= 0.6 is 0 Å². The Morgan fingerprint density at radius 3 is 2.36 bits per heavy atom. The highest BCUT2D eigenvalue weighted by Crippen LogP contribution is 2.21. The average Bonchev–Trinajstić information content (AvgIpc) is 3.20. The highest BCUT2D eigenvalue weighted by atomic mass is 16.2. The van der Waals surface area contributed by atoms with E-state index in [0.717, 1.165) is 57.4 Å². The van der Waals surface area contributed by atoms with Crippen molar-refractivity contribution in [3.63, 3.8) is 0 Å². The van der Waals surface area contributed by atoms with Crippen LogP contribution in [0.1, 0.15) is 38.2 Å². The number of benzene rings is 1. The summed E-state index contributed by atoms with van der Waals surface area (Å²) in [7, 11) is 0. The topological polar surface area (TPSA) is 52.7 Å². The van der Waals surface area contributed by atoms with Crippen molar-refractivity contribution in [1.82, 2.24) is 15.1 Å². The minimum atomic E-state index is -0.0635. The van der Waals surface area contributed by atoms with Gasteiger partial charge in [-0.3, -0.25) is 14.5 Å². The number of nitrogens with one attached hydrogen (secondary N) is 1. The minimum absolute atomic E-state index is 0.0635. The summed E-state index contributed by atoms with van der Waals surface area (Å²) < 4.78 is 0. The SMILES string of the molecule is CC(C(=O)N1CCCC1)N1CCC(C(=O)NCc2ccccc2)CC1. The summed E-state index contributed by atoms with van der Waals surface area (Å²) in [5, 5.41) is 3.05. The first kappa shape index (κ1) is 17.9. The molecule has 2 saturated heterocycles. The quantitative estimate of drug-likeness (QED) is 0.890. The van der Waals surface area contributed by atoms with Crippen LogP contribution in [0.15, 0.2) is 30.3 Å². The minimum Gasteiger partial charge on any atom is -0.352 e. The molecule has 0 spiro atoms. The highest BCUT2D eigenvalue weighted by Gasteiger charge is 2.32. The third kappa shape index (κ3) is 4.60. The number of rotatable bonds is 5.